The van der Waals surface area contributed by atoms with Gasteiger partial charge in [-0.25, -0.2) is 23.7 Å². The second kappa shape index (κ2) is 10.1. The Morgan fingerprint density at radius 2 is 2.13 bits per heavy atom. The molecule has 31 heavy (non-hydrogen) atoms. The number of halogens is 2. The van der Waals surface area contributed by atoms with Crippen LogP contribution in [0.5, 0.6) is 5.88 Å². The first kappa shape index (κ1) is 22.3. The van der Waals surface area contributed by atoms with E-state index in [1.54, 1.807) is 24.0 Å². The number of likely N-dealkylation sites (tertiary alicyclic amines) is 1. The SMILES string of the molecule is C=N/C(=N\C=C/C)c1c(F)cccc1C(=O)N1CCC[C@@H](Oc2ccc(F)cn2)[C@@H]1C. The summed E-state index contributed by atoms with van der Waals surface area (Å²) >= 11 is 0. The molecule has 0 radical (unpaired) electrons. The van der Waals surface area contributed by atoms with E-state index in [0.717, 1.165) is 6.20 Å². The second-order valence-corrected chi connectivity index (χ2v) is 7.11. The quantitative estimate of drug-likeness (QED) is 0.525. The Morgan fingerprint density at radius 1 is 1.32 bits per heavy atom. The number of amides is 1. The first-order chi connectivity index (χ1) is 15.0. The fraction of sp³-hybridized carbons (Fsp3) is 0.304. The number of carbonyl (C=O) groups excluding carboxylic acids is 1. The highest BCUT2D eigenvalue weighted by Gasteiger charge is 2.34. The molecule has 8 heteroatoms. The van der Waals surface area contributed by atoms with Crippen molar-refractivity contribution in [3.05, 3.63) is 71.6 Å². The summed E-state index contributed by atoms with van der Waals surface area (Å²) in [5.74, 6) is -1.08. The van der Waals surface area contributed by atoms with Crippen LogP contribution in [-0.2, 0) is 0 Å². The summed E-state index contributed by atoms with van der Waals surface area (Å²) in [6.45, 7) is 7.59. The smallest absolute Gasteiger partial charge is 0.255 e. The van der Waals surface area contributed by atoms with E-state index in [1.807, 2.05) is 6.92 Å². The van der Waals surface area contributed by atoms with Crippen LogP contribution < -0.4 is 4.74 Å². The molecule has 0 N–H and O–H groups in total. The van der Waals surface area contributed by atoms with Gasteiger partial charge in [-0.3, -0.25) is 4.79 Å². The van der Waals surface area contributed by atoms with E-state index in [2.05, 4.69) is 21.7 Å². The number of carbonyl (C=O) groups is 1. The molecule has 1 aliphatic heterocycles. The molecule has 0 spiro atoms. The van der Waals surface area contributed by atoms with Crippen LogP contribution in [0.1, 0.15) is 42.6 Å². The predicted octanol–water partition coefficient (Wildman–Crippen LogP) is 4.41. The molecule has 0 saturated carbocycles. The Morgan fingerprint density at radius 3 is 2.81 bits per heavy atom. The van der Waals surface area contributed by atoms with Crippen LogP contribution in [0.2, 0.25) is 0 Å². The molecule has 0 bridgehead atoms. The van der Waals surface area contributed by atoms with Gasteiger partial charge in [0.25, 0.3) is 5.91 Å². The molecule has 2 heterocycles. The van der Waals surface area contributed by atoms with E-state index < -0.39 is 11.6 Å². The van der Waals surface area contributed by atoms with Gasteiger partial charge >= 0.3 is 0 Å². The highest BCUT2D eigenvalue weighted by Crippen LogP contribution is 2.26. The standard InChI is InChI=1S/C23H24F2N4O2/c1-4-12-27-22(26-3)21-17(7-5-8-18(21)25)23(30)29-13-6-9-19(15(29)2)31-20-11-10-16(24)14-28-20/h4-5,7-8,10-12,14-15,19H,3,6,9,13H2,1-2H3/b12-4-,27-22-/t15-,19+/m0/s1. The Labute approximate surface area is 180 Å². The van der Waals surface area contributed by atoms with E-state index >= 15 is 0 Å². The minimum atomic E-state index is -0.602. The largest absolute Gasteiger partial charge is 0.472 e. The van der Waals surface area contributed by atoms with Crippen LogP contribution in [0, 0.1) is 11.6 Å². The Balaban J connectivity index is 1.89. The molecule has 1 saturated heterocycles. The number of aromatic nitrogens is 1. The van der Waals surface area contributed by atoms with E-state index in [-0.39, 0.29) is 40.9 Å². The number of rotatable bonds is 5. The summed E-state index contributed by atoms with van der Waals surface area (Å²) in [4.78, 5) is 26.9. The number of hydrogen-bond acceptors (Lipinski definition) is 4. The van der Waals surface area contributed by atoms with Crippen LogP contribution in [0.25, 0.3) is 0 Å². The maximum atomic E-state index is 14.7. The third-order valence-corrected chi connectivity index (χ3v) is 5.11. The zero-order valence-electron chi connectivity index (χ0n) is 17.5. The summed E-state index contributed by atoms with van der Waals surface area (Å²) in [7, 11) is 0. The Kier molecular flexibility index (Phi) is 7.23. The normalized spacial score (nSPS) is 19.5. The van der Waals surface area contributed by atoms with E-state index in [4.69, 9.17) is 4.74 Å². The third-order valence-electron chi connectivity index (χ3n) is 5.11. The number of amidine groups is 1. The van der Waals surface area contributed by atoms with Gasteiger partial charge in [0.1, 0.15) is 17.7 Å². The maximum absolute atomic E-state index is 14.7. The monoisotopic (exact) mass is 426 g/mol. The van der Waals surface area contributed by atoms with Gasteiger partial charge in [0.15, 0.2) is 5.84 Å². The molecule has 1 aliphatic rings. The van der Waals surface area contributed by atoms with Gasteiger partial charge in [-0.1, -0.05) is 12.1 Å². The fourth-order valence-electron chi connectivity index (χ4n) is 3.55. The van der Waals surface area contributed by atoms with Crippen LogP contribution in [0.3, 0.4) is 0 Å². The molecule has 1 fully saturated rings. The van der Waals surface area contributed by atoms with Crippen molar-refractivity contribution < 1.29 is 18.3 Å². The molecule has 1 aromatic carbocycles. The summed E-state index contributed by atoms with van der Waals surface area (Å²) in [5, 5.41) is 0. The summed E-state index contributed by atoms with van der Waals surface area (Å²) in [5.41, 5.74) is 0.166. The molecule has 2 atom stereocenters. The van der Waals surface area contributed by atoms with Gasteiger partial charge in [-0.05, 0) is 51.6 Å². The zero-order valence-corrected chi connectivity index (χ0v) is 17.5. The molecule has 2 aromatic rings. The number of ether oxygens (including phenoxy) is 1. The number of allylic oxidation sites excluding steroid dienone is 1. The van der Waals surface area contributed by atoms with Crippen LogP contribution in [-0.4, -0.2) is 47.0 Å². The van der Waals surface area contributed by atoms with Crippen LogP contribution >= 0.6 is 0 Å². The topological polar surface area (TPSA) is 67.2 Å². The van der Waals surface area contributed by atoms with Crippen molar-refractivity contribution in [1.82, 2.24) is 9.88 Å². The highest BCUT2D eigenvalue weighted by molar-refractivity contribution is 6.11. The molecule has 1 amide bonds. The van der Waals surface area contributed by atoms with Crippen molar-refractivity contribution in [1.29, 1.82) is 0 Å². The van der Waals surface area contributed by atoms with Crippen molar-refractivity contribution in [2.24, 2.45) is 9.98 Å². The molecule has 0 unspecified atom stereocenters. The maximum Gasteiger partial charge on any atom is 0.255 e. The Bertz CT molecular complexity index is 1010. The fourth-order valence-corrected chi connectivity index (χ4v) is 3.55. The van der Waals surface area contributed by atoms with Gasteiger partial charge in [-0.2, -0.15) is 0 Å². The summed E-state index contributed by atoms with van der Waals surface area (Å²) in [6.07, 6.45) is 5.30. The first-order valence-corrected chi connectivity index (χ1v) is 10.00. The van der Waals surface area contributed by atoms with Gasteiger partial charge < -0.3 is 9.64 Å². The van der Waals surface area contributed by atoms with Crippen LogP contribution in [0.15, 0.2) is 58.8 Å². The average Bonchev–Trinajstić information content (AvgIpc) is 2.77. The first-order valence-electron chi connectivity index (χ1n) is 10.00. The molecule has 162 valence electrons. The van der Waals surface area contributed by atoms with Crippen molar-refractivity contribution in [2.75, 3.05) is 6.54 Å². The number of pyridine rings is 1. The number of hydrogen-bond donors (Lipinski definition) is 0. The Hall–Kier alpha value is -3.42. The van der Waals surface area contributed by atoms with Crippen molar-refractivity contribution >= 4 is 18.5 Å². The minimum absolute atomic E-state index is 0.0102. The van der Waals surface area contributed by atoms with E-state index in [1.165, 1.54) is 30.5 Å². The molecule has 0 aliphatic carbocycles. The van der Waals surface area contributed by atoms with E-state index in [0.29, 0.717) is 19.4 Å². The number of benzene rings is 1. The van der Waals surface area contributed by atoms with Crippen LogP contribution in [0.4, 0.5) is 8.78 Å². The molecule has 6 nitrogen and oxygen atoms in total. The van der Waals surface area contributed by atoms with Gasteiger partial charge in [0.05, 0.1) is 23.4 Å². The summed E-state index contributed by atoms with van der Waals surface area (Å²) in [6, 6.07) is 6.70. The number of piperidine rings is 1. The summed E-state index contributed by atoms with van der Waals surface area (Å²) < 4.78 is 33.7. The number of nitrogens with zero attached hydrogens (tertiary/aromatic N) is 4. The van der Waals surface area contributed by atoms with Gasteiger partial charge in [0, 0.05) is 18.8 Å². The zero-order chi connectivity index (χ0) is 22.4. The molecular weight excluding hydrogens is 402 g/mol. The molecule has 1 aromatic heterocycles. The van der Waals surface area contributed by atoms with Gasteiger partial charge in [0.2, 0.25) is 5.88 Å². The van der Waals surface area contributed by atoms with Crippen molar-refractivity contribution in [3.63, 3.8) is 0 Å². The molecular formula is C23H24F2N4O2. The second-order valence-electron chi connectivity index (χ2n) is 7.11. The lowest BCUT2D eigenvalue weighted by molar-refractivity contribution is 0.0265. The highest BCUT2D eigenvalue weighted by atomic mass is 19.1. The predicted molar refractivity (Wildman–Crippen MR) is 116 cm³/mol. The van der Waals surface area contributed by atoms with Crippen molar-refractivity contribution in [3.8, 4) is 5.88 Å². The lowest BCUT2D eigenvalue weighted by atomic mass is 9.97. The molecule has 3 rings (SSSR count). The van der Waals surface area contributed by atoms with Crippen molar-refractivity contribution in [2.45, 2.75) is 38.8 Å². The lowest BCUT2D eigenvalue weighted by Gasteiger charge is -2.39. The van der Waals surface area contributed by atoms with E-state index in [9.17, 15) is 13.6 Å². The number of aliphatic imine (C=N–C) groups is 2. The average molecular weight is 426 g/mol. The minimum Gasteiger partial charge on any atom is -0.472 e. The van der Waals surface area contributed by atoms with Gasteiger partial charge in [-0.15, -0.1) is 0 Å². The third kappa shape index (κ3) is 5.02. The lowest BCUT2D eigenvalue weighted by Crippen LogP contribution is -2.51.